The highest BCUT2D eigenvalue weighted by Gasteiger charge is 2.50. The quantitative estimate of drug-likeness (QED) is 0.0209. The highest BCUT2D eigenvalue weighted by molar-refractivity contribution is 7.72. The summed E-state index contributed by atoms with van der Waals surface area (Å²) in [5, 5.41) is 13.8. The number of aromatic amines is 1. The number of unbranched alkanes of at least 4 members (excludes halogenated alkanes) is 8. The van der Waals surface area contributed by atoms with Crippen LogP contribution in [0.25, 0.3) is 10.4 Å². The Labute approximate surface area is 317 Å². The van der Waals surface area contributed by atoms with Crippen LogP contribution in [-0.2, 0) is 62.7 Å². The minimum atomic E-state index is -6.47. The summed E-state index contributed by atoms with van der Waals surface area (Å²) < 4.78 is 107. The molecular weight excluding hydrogens is 888 g/mol. The smallest absolute Gasteiger partial charge is 0.393 e. The zero-order valence-corrected chi connectivity index (χ0v) is 34.7. The summed E-state index contributed by atoms with van der Waals surface area (Å²) in [6.45, 7) is 0.621. The lowest BCUT2D eigenvalue weighted by Gasteiger charge is -2.23. The molecule has 2 rings (SSSR count). The number of rotatable bonds is 26. The highest BCUT2D eigenvalue weighted by Crippen LogP contribution is 2.75. The molecule has 1 aromatic rings. The number of nitrogens with zero attached hydrogens (tertiary/aromatic N) is 4. The van der Waals surface area contributed by atoms with E-state index >= 15 is 0 Å². The first-order chi connectivity index (χ1) is 25.7. The molecule has 1 aromatic heterocycles. The van der Waals surface area contributed by atoms with Crippen LogP contribution in [0.3, 0.4) is 0 Å². The number of aliphatic hydroxyl groups excluding tert-OH is 1. The summed E-state index contributed by atoms with van der Waals surface area (Å²) in [6.07, 6.45) is 2.69. The van der Waals surface area contributed by atoms with Gasteiger partial charge in [0, 0.05) is 36.1 Å². The molecule has 324 valence electrons. The lowest BCUT2D eigenvalue weighted by molar-refractivity contribution is -0.0346. The third-order valence-corrected chi connectivity index (χ3v) is 16.3. The molecule has 0 bridgehead atoms. The van der Waals surface area contributed by atoms with Crippen LogP contribution in [0.15, 0.2) is 20.9 Å². The monoisotopic (exact) mass is 931 g/mol. The van der Waals surface area contributed by atoms with Gasteiger partial charge in [-0.05, 0) is 25.3 Å². The van der Waals surface area contributed by atoms with Crippen LogP contribution >= 0.6 is 46.9 Å². The van der Waals surface area contributed by atoms with Gasteiger partial charge in [-0.25, -0.2) is 32.2 Å². The predicted octanol–water partition coefficient (Wildman–Crippen LogP) is 4.42. The summed E-state index contributed by atoms with van der Waals surface area (Å²) in [5.41, 5.74) is 6.68. The van der Waals surface area contributed by atoms with Gasteiger partial charge in [0.25, 0.3) is 5.56 Å². The van der Waals surface area contributed by atoms with Crippen LogP contribution in [0.2, 0.25) is 0 Å². The Kier molecular flexibility index (Phi) is 20.4. The number of aryl methyl sites for hydroxylation is 1. The van der Waals surface area contributed by atoms with Gasteiger partial charge in [-0.1, -0.05) is 50.1 Å². The number of phosphoric ester groups is 2. The van der Waals surface area contributed by atoms with E-state index in [0.717, 1.165) is 49.3 Å². The summed E-state index contributed by atoms with van der Waals surface area (Å²) >= 11 is 0. The van der Waals surface area contributed by atoms with E-state index in [-0.39, 0.29) is 18.4 Å². The van der Waals surface area contributed by atoms with Gasteiger partial charge in [0.05, 0.1) is 25.4 Å². The number of nitrogens with one attached hydrogen (secondary N) is 1. The second-order valence-electron chi connectivity index (χ2n) is 11.8. The van der Waals surface area contributed by atoms with Gasteiger partial charge in [-0.15, -0.1) is 0 Å². The number of azide groups is 1. The van der Waals surface area contributed by atoms with Crippen LogP contribution in [0, 0.1) is 6.92 Å². The molecule has 1 fully saturated rings. The molecular formula is C22H43N5O23P6. The molecule has 0 radical (unpaired) electrons. The van der Waals surface area contributed by atoms with E-state index in [4.69, 9.17) is 10.3 Å². The van der Waals surface area contributed by atoms with Gasteiger partial charge in [0.15, 0.2) is 0 Å². The first-order valence-electron chi connectivity index (χ1n) is 16.2. The molecule has 1 aliphatic rings. The number of aromatic nitrogens is 2. The summed E-state index contributed by atoms with van der Waals surface area (Å²) in [7, 11) is -36.7. The molecule has 0 spiro atoms. The van der Waals surface area contributed by atoms with Crippen molar-refractivity contribution < 1.29 is 97.2 Å². The SMILES string of the molecule is Cc1cn([C@H]2CC(O)CC(OP(=O)(O)OP(=O)(O)OP(=O)(O)OP(=O)(O)OP(=O)(O)OP(=O)(O)OCCCCCCCCCCCN=[N+]=[N-])CO2)c(=O)[nH]c1=O. The number of aliphatic hydroxyl groups is 1. The fraction of sp³-hybridized carbons (Fsp3) is 0.818. The van der Waals surface area contributed by atoms with E-state index in [2.05, 4.69) is 40.6 Å². The lowest BCUT2D eigenvalue weighted by atomic mass is 10.1. The third-order valence-electron chi connectivity index (χ3n) is 6.97. The van der Waals surface area contributed by atoms with E-state index in [0.29, 0.717) is 19.4 Å². The molecule has 2 heterocycles. The second-order valence-corrected chi connectivity index (χ2v) is 21.2. The van der Waals surface area contributed by atoms with E-state index in [1.165, 1.54) is 6.92 Å². The predicted molar refractivity (Wildman–Crippen MR) is 187 cm³/mol. The maximum atomic E-state index is 12.5. The van der Waals surface area contributed by atoms with Crippen molar-refractivity contribution in [2.75, 3.05) is 19.8 Å². The Morgan fingerprint density at radius 1 is 0.768 bits per heavy atom. The van der Waals surface area contributed by atoms with Crippen molar-refractivity contribution in [3.8, 4) is 0 Å². The normalized spacial score (nSPS) is 24.2. The van der Waals surface area contributed by atoms with Crippen molar-refractivity contribution in [2.24, 2.45) is 5.11 Å². The van der Waals surface area contributed by atoms with Gasteiger partial charge in [-0.2, -0.15) is 21.6 Å². The van der Waals surface area contributed by atoms with E-state index in [9.17, 15) is 71.4 Å². The largest absolute Gasteiger partial charge is 0.490 e. The second kappa shape index (κ2) is 22.4. The first-order valence-corrected chi connectivity index (χ1v) is 25.2. The van der Waals surface area contributed by atoms with Crippen LogP contribution in [0.1, 0.15) is 82.4 Å². The van der Waals surface area contributed by atoms with Gasteiger partial charge in [-0.3, -0.25) is 23.4 Å². The molecule has 9 atom stereocenters. The molecule has 0 amide bonds. The molecule has 1 aliphatic heterocycles. The summed E-state index contributed by atoms with van der Waals surface area (Å²) in [6, 6.07) is 0. The molecule has 8 unspecified atom stereocenters. The Bertz CT molecular complexity index is 1920. The fourth-order valence-electron chi connectivity index (χ4n) is 4.74. The van der Waals surface area contributed by atoms with E-state index in [1.54, 1.807) is 0 Å². The molecule has 0 saturated carbocycles. The number of ether oxygens (including phenoxy) is 1. The Morgan fingerprint density at radius 2 is 1.23 bits per heavy atom. The molecule has 34 heteroatoms. The van der Waals surface area contributed by atoms with Crippen molar-refractivity contribution in [1.29, 1.82) is 0 Å². The fourth-order valence-corrected chi connectivity index (χ4v) is 12.7. The number of hydrogen-bond donors (Lipinski definition) is 8. The minimum Gasteiger partial charge on any atom is -0.393 e. The standard InChI is InChI=1S/C22H43N5O23P6/c1-17-15-27(22(30)25-21(17)29)20-14-18(28)13-19(16-43-20)45-52(33,34)47-54(37,38)49-56(41,42)50-55(39,40)48-53(35,36)46-51(31,32)44-12-10-8-6-4-2-3-5-7-9-11-24-26-23/h15,18-20,28H,2-14,16H2,1H3,(H,31,32)(H,33,34)(H,35,36)(H,37,38)(H,39,40)(H,41,42)(H,25,29,30)/t18?,19?,20-/m1/s1. The molecule has 0 aliphatic carbocycles. The average Bonchev–Trinajstić information content (AvgIpc) is 3.17. The number of H-pyrrole nitrogens is 1. The van der Waals surface area contributed by atoms with Crippen LogP contribution in [-0.4, -0.2) is 76.0 Å². The van der Waals surface area contributed by atoms with Crippen LogP contribution < -0.4 is 11.2 Å². The van der Waals surface area contributed by atoms with Gasteiger partial charge in [0.2, 0.25) is 0 Å². The first kappa shape index (κ1) is 50.9. The Balaban J connectivity index is 1.84. The molecule has 0 aromatic carbocycles. The molecule has 56 heavy (non-hydrogen) atoms. The molecule has 8 N–H and O–H groups in total. The molecule has 1 saturated heterocycles. The average molecular weight is 931 g/mol. The summed E-state index contributed by atoms with van der Waals surface area (Å²) in [4.78, 5) is 87.0. The van der Waals surface area contributed by atoms with E-state index in [1.807, 2.05) is 4.98 Å². The maximum Gasteiger partial charge on any atom is 0.490 e. The van der Waals surface area contributed by atoms with Crippen molar-refractivity contribution in [1.82, 2.24) is 9.55 Å². The third kappa shape index (κ3) is 20.6. The van der Waals surface area contributed by atoms with Gasteiger partial charge < -0.3 is 39.2 Å². The lowest BCUT2D eigenvalue weighted by Crippen LogP contribution is -2.35. The zero-order valence-electron chi connectivity index (χ0n) is 29.3. The Morgan fingerprint density at radius 3 is 1.75 bits per heavy atom. The van der Waals surface area contributed by atoms with Crippen molar-refractivity contribution in [3.05, 3.63) is 43.0 Å². The number of phosphoric acid groups is 6. The maximum absolute atomic E-state index is 12.5. The Hall–Kier alpha value is -1.23. The zero-order chi connectivity index (χ0) is 42.4. The van der Waals surface area contributed by atoms with Gasteiger partial charge in [0.1, 0.15) is 6.23 Å². The van der Waals surface area contributed by atoms with Crippen molar-refractivity contribution in [3.63, 3.8) is 0 Å². The topological polar surface area (TPSA) is 421 Å². The minimum absolute atomic E-state index is 0.0915. The van der Waals surface area contributed by atoms with Crippen LogP contribution in [0.5, 0.6) is 0 Å². The van der Waals surface area contributed by atoms with Crippen molar-refractivity contribution in [2.45, 2.75) is 96.0 Å². The summed E-state index contributed by atoms with van der Waals surface area (Å²) in [5.74, 6) is 0. The highest BCUT2D eigenvalue weighted by atomic mass is 31.3. The van der Waals surface area contributed by atoms with E-state index < -0.39 is 96.3 Å². The number of hydrogen-bond acceptors (Lipinski definition) is 18. The van der Waals surface area contributed by atoms with Crippen molar-refractivity contribution >= 4 is 46.9 Å². The van der Waals surface area contributed by atoms with Gasteiger partial charge >= 0.3 is 52.6 Å². The molecule has 28 nitrogen and oxygen atoms in total. The van der Waals surface area contributed by atoms with Crippen LogP contribution in [0.4, 0.5) is 0 Å².